The number of hydrogen-bond acceptors (Lipinski definition) is 2. The lowest BCUT2D eigenvalue weighted by Gasteiger charge is -2.04. The zero-order chi connectivity index (χ0) is 12.7. The number of carbonyl (C=O) groups is 2. The second kappa shape index (κ2) is 6.88. The fourth-order valence-corrected chi connectivity index (χ4v) is 1.31. The Morgan fingerprint density at radius 3 is 2.35 bits per heavy atom. The molecular weight excluding hydrogens is 242 g/mol. The average Bonchev–Trinajstić information content (AvgIpc) is 2.32. The summed E-state index contributed by atoms with van der Waals surface area (Å²) in [6, 6.07) is 6.84. The molecule has 2 amide bonds. The standard InChI is InChI=1S/C11H14ClN3O2/c1-13-10(16)6-14-7-11(17)15-9-4-2-8(12)3-5-9/h2-5,14H,6-7H2,1H3,(H,13,16)(H,15,17)/p+1. The van der Waals surface area contributed by atoms with Crippen molar-refractivity contribution in [1.82, 2.24) is 5.32 Å². The first kappa shape index (κ1) is 13.5. The largest absolute Gasteiger partial charge is 0.354 e. The SMILES string of the molecule is CNC(=O)C[NH2+]CC(=O)Nc1ccc(Cl)cc1. The van der Waals surface area contributed by atoms with Gasteiger partial charge in [-0.1, -0.05) is 11.6 Å². The van der Waals surface area contributed by atoms with E-state index in [4.69, 9.17) is 11.6 Å². The third kappa shape index (κ3) is 5.33. The van der Waals surface area contributed by atoms with E-state index in [-0.39, 0.29) is 24.9 Å². The Hall–Kier alpha value is -1.59. The van der Waals surface area contributed by atoms with E-state index in [1.807, 2.05) is 0 Å². The maximum Gasteiger partial charge on any atom is 0.279 e. The van der Waals surface area contributed by atoms with Gasteiger partial charge in [-0.05, 0) is 24.3 Å². The predicted octanol–water partition coefficient (Wildman–Crippen LogP) is -0.412. The van der Waals surface area contributed by atoms with Crippen LogP contribution in [0.15, 0.2) is 24.3 Å². The van der Waals surface area contributed by atoms with E-state index < -0.39 is 0 Å². The number of nitrogens with one attached hydrogen (secondary N) is 2. The third-order valence-corrected chi connectivity index (χ3v) is 2.32. The molecule has 5 nitrogen and oxygen atoms in total. The Labute approximate surface area is 105 Å². The number of rotatable bonds is 5. The molecule has 0 aromatic heterocycles. The lowest BCUT2D eigenvalue weighted by molar-refractivity contribution is -0.632. The highest BCUT2D eigenvalue weighted by atomic mass is 35.5. The minimum Gasteiger partial charge on any atom is -0.354 e. The molecule has 0 heterocycles. The molecule has 0 aliphatic heterocycles. The van der Waals surface area contributed by atoms with Gasteiger partial charge in [-0.15, -0.1) is 0 Å². The van der Waals surface area contributed by atoms with Crippen molar-refractivity contribution in [3.8, 4) is 0 Å². The van der Waals surface area contributed by atoms with Crippen LogP contribution in [0, 0.1) is 0 Å². The fraction of sp³-hybridized carbons (Fsp3) is 0.273. The summed E-state index contributed by atoms with van der Waals surface area (Å²) in [6.45, 7) is 0.445. The topological polar surface area (TPSA) is 74.8 Å². The van der Waals surface area contributed by atoms with Crippen LogP contribution in [0.3, 0.4) is 0 Å². The van der Waals surface area contributed by atoms with Crippen LogP contribution in [0.25, 0.3) is 0 Å². The smallest absolute Gasteiger partial charge is 0.279 e. The van der Waals surface area contributed by atoms with Gasteiger partial charge in [-0.25, -0.2) is 0 Å². The van der Waals surface area contributed by atoms with Crippen LogP contribution < -0.4 is 16.0 Å². The van der Waals surface area contributed by atoms with Crippen molar-refractivity contribution in [3.63, 3.8) is 0 Å². The van der Waals surface area contributed by atoms with Crippen LogP contribution in [-0.4, -0.2) is 32.0 Å². The summed E-state index contributed by atoms with van der Waals surface area (Å²) in [4.78, 5) is 22.4. The number of quaternary nitrogens is 1. The molecule has 0 radical (unpaired) electrons. The van der Waals surface area contributed by atoms with Gasteiger partial charge < -0.3 is 16.0 Å². The molecule has 0 aliphatic carbocycles. The highest BCUT2D eigenvalue weighted by Crippen LogP contribution is 2.12. The first-order valence-electron chi connectivity index (χ1n) is 5.19. The van der Waals surface area contributed by atoms with Crippen molar-refractivity contribution in [1.29, 1.82) is 0 Å². The summed E-state index contributed by atoms with van der Waals surface area (Å²) in [5.74, 6) is -0.263. The first-order valence-corrected chi connectivity index (χ1v) is 5.57. The maximum absolute atomic E-state index is 11.5. The molecule has 4 N–H and O–H groups in total. The Balaban J connectivity index is 2.30. The van der Waals surface area contributed by atoms with E-state index in [1.165, 1.54) is 0 Å². The van der Waals surface area contributed by atoms with Gasteiger partial charge in [0.15, 0.2) is 13.1 Å². The van der Waals surface area contributed by atoms with Gasteiger partial charge in [-0.3, -0.25) is 9.59 Å². The lowest BCUT2D eigenvalue weighted by Crippen LogP contribution is -2.88. The molecule has 0 saturated carbocycles. The second-order valence-electron chi connectivity index (χ2n) is 3.43. The van der Waals surface area contributed by atoms with E-state index in [1.54, 1.807) is 36.6 Å². The number of amides is 2. The van der Waals surface area contributed by atoms with Crippen LogP contribution >= 0.6 is 11.6 Å². The number of nitrogens with two attached hydrogens (primary N) is 1. The van der Waals surface area contributed by atoms with Gasteiger partial charge in [-0.2, -0.15) is 0 Å². The minimum atomic E-state index is -0.156. The van der Waals surface area contributed by atoms with E-state index in [0.29, 0.717) is 10.7 Å². The molecule has 92 valence electrons. The van der Waals surface area contributed by atoms with Crippen molar-refractivity contribution in [2.75, 3.05) is 25.5 Å². The van der Waals surface area contributed by atoms with Crippen molar-refractivity contribution < 1.29 is 14.9 Å². The fourth-order valence-electron chi connectivity index (χ4n) is 1.18. The number of likely N-dealkylation sites (N-methyl/N-ethyl adjacent to an activating group) is 1. The highest BCUT2D eigenvalue weighted by molar-refractivity contribution is 6.30. The maximum atomic E-state index is 11.5. The molecule has 0 atom stereocenters. The molecule has 1 rings (SSSR count). The third-order valence-electron chi connectivity index (χ3n) is 2.07. The summed E-state index contributed by atoms with van der Waals surface area (Å²) >= 11 is 5.72. The molecule has 17 heavy (non-hydrogen) atoms. The summed E-state index contributed by atoms with van der Waals surface area (Å²) in [6.07, 6.45) is 0. The van der Waals surface area contributed by atoms with Crippen LogP contribution in [0.5, 0.6) is 0 Å². The Bertz CT molecular complexity index is 392. The summed E-state index contributed by atoms with van der Waals surface area (Å²) < 4.78 is 0. The van der Waals surface area contributed by atoms with E-state index in [0.717, 1.165) is 0 Å². The predicted molar refractivity (Wildman–Crippen MR) is 65.8 cm³/mol. The molecule has 6 heteroatoms. The van der Waals surface area contributed by atoms with Crippen LogP contribution in [-0.2, 0) is 9.59 Å². The second-order valence-corrected chi connectivity index (χ2v) is 3.86. The molecule has 0 bridgehead atoms. The minimum absolute atomic E-state index is 0.107. The van der Waals surface area contributed by atoms with Crippen molar-refractivity contribution in [3.05, 3.63) is 29.3 Å². The monoisotopic (exact) mass is 256 g/mol. The number of carbonyl (C=O) groups excluding carboxylic acids is 2. The Kier molecular flexibility index (Phi) is 5.45. The van der Waals surface area contributed by atoms with Gasteiger partial charge >= 0.3 is 0 Å². The number of anilines is 1. The Morgan fingerprint density at radius 2 is 1.76 bits per heavy atom. The summed E-state index contributed by atoms with van der Waals surface area (Å²) in [7, 11) is 1.56. The van der Waals surface area contributed by atoms with Crippen molar-refractivity contribution >= 4 is 29.1 Å². The van der Waals surface area contributed by atoms with E-state index >= 15 is 0 Å². The van der Waals surface area contributed by atoms with Crippen molar-refractivity contribution in [2.24, 2.45) is 0 Å². The molecular formula is C11H15ClN3O2+. The van der Waals surface area contributed by atoms with E-state index in [2.05, 4.69) is 10.6 Å². The molecule has 0 spiro atoms. The summed E-state index contributed by atoms with van der Waals surface area (Å²) in [5.41, 5.74) is 0.688. The van der Waals surface area contributed by atoms with Gasteiger partial charge in [0.05, 0.1) is 0 Å². The molecule has 0 unspecified atom stereocenters. The quantitative estimate of drug-likeness (QED) is 0.670. The molecule has 0 fully saturated rings. The zero-order valence-electron chi connectivity index (χ0n) is 9.50. The number of benzene rings is 1. The highest BCUT2D eigenvalue weighted by Gasteiger charge is 2.06. The van der Waals surface area contributed by atoms with Gasteiger partial charge in [0.2, 0.25) is 0 Å². The van der Waals surface area contributed by atoms with E-state index in [9.17, 15) is 9.59 Å². The molecule has 0 aliphatic rings. The average molecular weight is 257 g/mol. The van der Waals surface area contributed by atoms with Crippen LogP contribution in [0.4, 0.5) is 5.69 Å². The van der Waals surface area contributed by atoms with Gasteiger partial charge in [0.25, 0.3) is 11.8 Å². The lowest BCUT2D eigenvalue weighted by atomic mass is 10.3. The number of halogens is 1. The molecule has 0 saturated heterocycles. The first-order chi connectivity index (χ1) is 8.11. The van der Waals surface area contributed by atoms with Gasteiger partial charge in [0, 0.05) is 17.8 Å². The molecule has 1 aromatic rings. The van der Waals surface area contributed by atoms with Crippen LogP contribution in [0.2, 0.25) is 5.02 Å². The Morgan fingerprint density at radius 1 is 1.18 bits per heavy atom. The normalized spacial score (nSPS) is 9.76. The zero-order valence-corrected chi connectivity index (χ0v) is 10.3. The van der Waals surface area contributed by atoms with Crippen LogP contribution in [0.1, 0.15) is 0 Å². The number of hydrogen-bond donors (Lipinski definition) is 3. The summed E-state index contributed by atoms with van der Waals surface area (Å²) in [5, 5.41) is 7.43. The molecule has 1 aromatic carbocycles. The van der Waals surface area contributed by atoms with Crippen molar-refractivity contribution in [2.45, 2.75) is 0 Å². The van der Waals surface area contributed by atoms with Gasteiger partial charge in [0.1, 0.15) is 0 Å².